The van der Waals surface area contributed by atoms with Gasteiger partial charge in [-0.25, -0.2) is 22.6 Å². The van der Waals surface area contributed by atoms with E-state index in [1.165, 1.54) is 31.3 Å². The summed E-state index contributed by atoms with van der Waals surface area (Å²) in [5, 5.41) is 14.1. The number of aromatic nitrogens is 1. The fraction of sp³-hybridized carbons (Fsp3) is 0.533. The lowest BCUT2D eigenvalue weighted by molar-refractivity contribution is -0.146. The number of carbonyl (C=O) groups excluding carboxylic acids is 3. The van der Waals surface area contributed by atoms with Gasteiger partial charge in [-0.3, -0.25) is 24.0 Å². The van der Waals surface area contributed by atoms with E-state index in [-0.39, 0.29) is 36.9 Å². The van der Waals surface area contributed by atoms with E-state index in [9.17, 15) is 32.3 Å². The van der Waals surface area contributed by atoms with E-state index < -0.39 is 86.0 Å². The summed E-state index contributed by atoms with van der Waals surface area (Å²) in [4.78, 5) is 64.4. The minimum absolute atomic E-state index is 0.0530. The van der Waals surface area contributed by atoms with Crippen LogP contribution in [0.5, 0.6) is 17.4 Å². The largest absolute Gasteiger partial charge is 0.497 e. The molecule has 62 heavy (non-hydrogen) atoms. The molecule has 0 unspecified atom stereocenters. The normalized spacial score (nSPS) is 27.5. The number of methoxy groups -OCH3 is 2. The Kier molecular flexibility index (Phi) is 12.2. The molecular formula is C45H56FN5O10S. The maximum absolute atomic E-state index is 15.2. The van der Waals surface area contributed by atoms with Gasteiger partial charge in [-0.15, -0.1) is 0 Å². The molecule has 2 aliphatic heterocycles. The minimum atomic E-state index is -3.97. The first-order valence-electron chi connectivity index (χ1n) is 21.1. The SMILES string of the molecule is COc1ccc2c(O[C@@H]3C[C@H]4C(=O)N[C@]5(C(=O)NS(=O)(=O)C6CC6)C[C@H]5/C=C\CC[C@H](C)C[C@@H](C)[C@H](N(C(=O)O)C(C)(C)C)C(=O)N4C3)nc(-c3ccc(OC)c(F)c3)cc2c1. The summed E-state index contributed by atoms with van der Waals surface area (Å²) in [6.07, 6.45) is 4.34. The monoisotopic (exact) mass is 877 g/mol. The van der Waals surface area contributed by atoms with Crippen LogP contribution in [0.15, 0.2) is 54.6 Å². The first kappa shape index (κ1) is 44.6. The summed E-state index contributed by atoms with van der Waals surface area (Å²) in [5.41, 5.74) is -1.84. The Balaban J connectivity index is 1.30. The first-order chi connectivity index (χ1) is 29.3. The van der Waals surface area contributed by atoms with E-state index in [4.69, 9.17) is 19.2 Å². The van der Waals surface area contributed by atoms with Crippen LogP contribution in [-0.4, -0.2) is 107 Å². The number of hydrogen-bond donors (Lipinski definition) is 3. The quantitative estimate of drug-likeness (QED) is 0.212. The molecule has 7 rings (SSSR count). The molecule has 4 amide bonds. The molecule has 2 aliphatic carbocycles. The second-order valence-electron chi connectivity index (χ2n) is 18.3. The third-order valence-electron chi connectivity index (χ3n) is 12.5. The number of nitrogens with zero attached hydrogens (tertiary/aromatic N) is 3. The van der Waals surface area contributed by atoms with Crippen molar-refractivity contribution in [3.8, 4) is 28.6 Å². The summed E-state index contributed by atoms with van der Waals surface area (Å²) in [5.74, 6) is -2.95. The van der Waals surface area contributed by atoms with Crippen molar-refractivity contribution < 1.29 is 51.3 Å². The van der Waals surface area contributed by atoms with Gasteiger partial charge in [0.2, 0.25) is 27.7 Å². The predicted molar refractivity (Wildman–Crippen MR) is 229 cm³/mol. The summed E-state index contributed by atoms with van der Waals surface area (Å²) >= 11 is 0. The number of halogens is 1. The van der Waals surface area contributed by atoms with E-state index in [2.05, 4.69) is 10.0 Å². The lowest BCUT2D eigenvalue weighted by Gasteiger charge is -2.43. The zero-order valence-electron chi connectivity index (χ0n) is 36.1. The summed E-state index contributed by atoms with van der Waals surface area (Å²) in [6, 6.07) is 8.98. The van der Waals surface area contributed by atoms with Crippen LogP contribution < -0.4 is 24.2 Å². The van der Waals surface area contributed by atoms with Crippen LogP contribution in [0.4, 0.5) is 9.18 Å². The van der Waals surface area contributed by atoms with Gasteiger partial charge in [-0.2, -0.15) is 0 Å². The van der Waals surface area contributed by atoms with Gasteiger partial charge in [0.05, 0.1) is 31.7 Å². The van der Waals surface area contributed by atoms with E-state index in [1.54, 1.807) is 51.1 Å². The van der Waals surface area contributed by atoms with Crippen molar-refractivity contribution in [1.82, 2.24) is 24.8 Å². The average Bonchev–Trinajstić information content (AvgIpc) is 4.14. The molecule has 1 saturated heterocycles. The highest BCUT2D eigenvalue weighted by atomic mass is 32.2. The number of fused-ring (bicyclic) bond motifs is 3. The second kappa shape index (κ2) is 17.0. The molecule has 334 valence electrons. The van der Waals surface area contributed by atoms with Crippen molar-refractivity contribution in [1.29, 1.82) is 0 Å². The van der Waals surface area contributed by atoms with E-state index in [0.29, 0.717) is 59.9 Å². The number of benzene rings is 2. The molecule has 0 spiro atoms. The number of allylic oxidation sites excluding steroid dienone is 1. The van der Waals surface area contributed by atoms with Gasteiger partial charge in [0.25, 0.3) is 5.91 Å². The number of amides is 4. The minimum Gasteiger partial charge on any atom is -0.497 e. The van der Waals surface area contributed by atoms with Crippen molar-refractivity contribution in [3.05, 3.63) is 60.4 Å². The van der Waals surface area contributed by atoms with Crippen molar-refractivity contribution >= 4 is 44.6 Å². The molecule has 17 heteroatoms. The lowest BCUT2D eigenvalue weighted by Crippen LogP contribution is -2.62. The van der Waals surface area contributed by atoms with Gasteiger partial charge in [0, 0.05) is 28.8 Å². The summed E-state index contributed by atoms with van der Waals surface area (Å²) in [6.45, 7) is 8.86. The van der Waals surface area contributed by atoms with Gasteiger partial charge in [-0.05, 0) is 119 Å². The lowest BCUT2D eigenvalue weighted by atomic mass is 9.85. The average molecular weight is 878 g/mol. The Morgan fingerprint density at radius 3 is 2.42 bits per heavy atom. The van der Waals surface area contributed by atoms with Crippen LogP contribution in [-0.2, 0) is 24.4 Å². The number of carbonyl (C=O) groups is 4. The third-order valence-corrected chi connectivity index (χ3v) is 14.3. The molecule has 0 radical (unpaired) electrons. The number of ether oxygens (including phenoxy) is 3. The number of sulfonamides is 1. The molecule has 2 saturated carbocycles. The van der Waals surface area contributed by atoms with Crippen LogP contribution in [0.2, 0.25) is 0 Å². The number of hydrogen-bond acceptors (Lipinski definition) is 10. The fourth-order valence-corrected chi connectivity index (χ4v) is 10.4. The van der Waals surface area contributed by atoms with Gasteiger partial charge < -0.3 is 29.5 Å². The summed E-state index contributed by atoms with van der Waals surface area (Å²) < 4.78 is 60.5. The molecule has 7 atom stereocenters. The molecule has 3 fully saturated rings. The Morgan fingerprint density at radius 1 is 1.03 bits per heavy atom. The first-order valence-corrected chi connectivity index (χ1v) is 22.7. The van der Waals surface area contributed by atoms with Gasteiger partial charge in [-0.1, -0.05) is 26.0 Å². The number of rotatable bonds is 9. The maximum atomic E-state index is 15.2. The van der Waals surface area contributed by atoms with E-state index >= 15 is 4.79 Å². The van der Waals surface area contributed by atoms with Crippen LogP contribution in [0.25, 0.3) is 22.0 Å². The second-order valence-corrected chi connectivity index (χ2v) is 20.2. The Morgan fingerprint density at radius 2 is 1.77 bits per heavy atom. The molecule has 4 aliphatic rings. The Hall–Kier alpha value is -5.45. The standard InChI is InChI=1S/C45H56FN5O10S/c1-25-10-8-9-11-29-23-45(29,42(54)49-62(57,58)32-14-15-32)48-39(52)36-22-31(24-50(36)41(53)38(26(2)18-25)51(43(55)56)44(3,4)5)61-40-33-16-13-30(59-6)19-28(33)21-35(47-40)27-12-17-37(60-7)34(46)20-27/h9,11-13,16-17,19-21,25-26,29,31-32,36,38H,8,10,14-15,18,22-24H2,1-7H3,(H,48,52)(H,49,54)(H,55,56)/b11-9-/t25-,26+,29+,31+,36-,38-,45+/m0/s1. The highest BCUT2D eigenvalue weighted by Gasteiger charge is 2.62. The van der Waals surface area contributed by atoms with E-state index in [1.807, 2.05) is 26.0 Å². The Bertz CT molecular complexity index is 2400. The molecule has 15 nitrogen and oxygen atoms in total. The maximum Gasteiger partial charge on any atom is 0.408 e. The van der Waals surface area contributed by atoms with Crippen LogP contribution >= 0.6 is 0 Å². The molecule has 2 aromatic carbocycles. The molecule has 3 N–H and O–H groups in total. The fourth-order valence-electron chi connectivity index (χ4n) is 9.02. The van der Waals surface area contributed by atoms with E-state index in [0.717, 1.165) is 4.90 Å². The van der Waals surface area contributed by atoms with Gasteiger partial charge >= 0.3 is 6.09 Å². The summed E-state index contributed by atoms with van der Waals surface area (Å²) in [7, 11) is -1.07. The number of pyridine rings is 1. The number of nitrogens with one attached hydrogen (secondary N) is 2. The zero-order chi connectivity index (χ0) is 44.9. The van der Waals surface area contributed by atoms with Crippen molar-refractivity contribution in [2.75, 3.05) is 20.8 Å². The number of carboxylic acid groups (broad SMARTS) is 1. The zero-order valence-corrected chi connectivity index (χ0v) is 37.0. The van der Waals surface area contributed by atoms with Crippen molar-refractivity contribution in [3.63, 3.8) is 0 Å². The highest BCUT2D eigenvalue weighted by Crippen LogP contribution is 2.46. The topological polar surface area (TPSA) is 194 Å². The van der Waals surface area contributed by atoms with Gasteiger partial charge in [0.1, 0.15) is 29.5 Å². The Labute approximate surface area is 361 Å². The molecule has 0 bridgehead atoms. The van der Waals surface area contributed by atoms with Crippen LogP contribution in [0.1, 0.15) is 79.6 Å². The van der Waals surface area contributed by atoms with Gasteiger partial charge in [0.15, 0.2) is 11.6 Å². The highest BCUT2D eigenvalue weighted by molar-refractivity contribution is 7.91. The smallest absolute Gasteiger partial charge is 0.408 e. The molecule has 1 aromatic heterocycles. The molecule has 3 aromatic rings. The predicted octanol–water partition coefficient (Wildman–Crippen LogP) is 6.05. The third kappa shape index (κ3) is 9.04. The van der Waals surface area contributed by atoms with Crippen LogP contribution in [0.3, 0.4) is 0 Å². The molecule has 3 heterocycles. The van der Waals surface area contributed by atoms with Crippen LogP contribution in [0, 0.1) is 23.6 Å². The van der Waals surface area contributed by atoms with Crippen molar-refractivity contribution in [2.45, 2.75) is 114 Å². The molecular weight excluding hydrogens is 822 g/mol. The van der Waals surface area contributed by atoms with Crippen molar-refractivity contribution in [2.24, 2.45) is 17.8 Å².